The molecule has 0 aliphatic heterocycles. The highest BCUT2D eigenvalue weighted by atomic mass is 31.2. The van der Waals surface area contributed by atoms with Gasteiger partial charge < -0.3 is 24.6 Å². The lowest BCUT2D eigenvalue weighted by molar-refractivity contribution is -0.161. The Bertz CT molecular complexity index is 1030. The second-order valence-electron chi connectivity index (χ2n) is 15.1. The van der Waals surface area contributed by atoms with Gasteiger partial charge in [0.2, 0.25) is 0 Å². The lowest BCUT2D eigenvalue weighted by atomic mass is 10.0. The second-order valence-corrected chi connectivity index (χ2v) is 16.5. The van der Waals surface area contributed by atoms with E-state index >= 15 is 0 Å². The Morgan fingerprint density at radius 3 is 1.48 bits per heavy atom. The molecule has 11 heteroatoms. The number of carbonyl (C=O) groups excluding carboxylic acids is 2. The SMILES string of the molecule is CC/C=C\C/C=C\C/C=C\CCCCCCCCCC(=O)OC(COC(=O)CCCCCCCCCCCCCCCCCC)COP(=O)(O)OCC(O)CO. The summed E-state index contributed by atoms with van der Waals surface area (Å²) in [5, 5.41) is 18.3. The third kappa shape index (κ3) is 40.4. The summed E-state index contributed by atoms with van der Waals surface area (Å²) in [5.41, 5.74) is 0. The first-order valence-electron chi connectivity index (χ1n) is 22.4. The fraction of sp³-hybridized carbons (Fsp3) is 0.822. The fourth-order valence-corrected chi connectivity index (χ4v) is 6.92. The molecule has 0 rings (SSSR count). The summed E-state index contributed by atoms with van der Waals surface area (Å²) in [6.45, 7) is 2.28. The third-order valence-electron chi connectivity index (χ3n) is 9.56. The van der Waals surface area contributed by atoms with Crippen molar-refractivity contribution in [3.63, 3.8) is 0 Å². The Morgan fingerprint density at radius 2 is 0.982 bits per heavy atom. The average Bonchev–Trinajstić information content (AvgIpc) is 3.19. The molecule has 0 aliphatic carbocycles. The van der Waals surface area contributed by atoms with E-state index in [0.717, 1.165) is 70.6 Å². The van der Waals surface area contributed by atoms with Crippen LogP contribution in [0.4, 0.5) is 0 Å². The van der Waals surface area contributed by atoms with Crippen molar-refractivity contribution in [2.24, 2.45) is 0 Å². The quantitative estimate of drug-likeness (QED) is 0.0235. The molecular weight excluding hydrogens is 731 g/mol. The minimum Gasteiger partial charge on any atom is -0.462 e. The lowest BCUT2D eigenvalue weighted by Crippen LogP contribution is -2.29. The molecule has 0 amide bonds. The van der Waals surface area contributed by atoms with E-state index in [9.17, 15) is 24.2 Å². The van der Waals surface area contributed by atoms with Crippen LogP contribution in [0.3, 0.4) is 0 Å². The molecule has 0 heterocycles. The van der Waals surface area contributed by atoms with Gasteiger partial charge in [0, 0.05) is 12.8 Å². The Balaban J connectivity index is 4.27. The van der Waals surface area contributed by atoms with Crippen LogP contribution in [-0.4, -0.2) is 65.7 Å². The first-order chi connectivity index (χ1) is 27.2. The predicted octanol–water partition coefficient (Wildman–Crippen LogP) is 11.9. The highest BCUT2D eigenvalue weighted by Crippen LogP contribution is 2.43. The lowest BCUT2D eigenvalue weighted by Gasteiger charge is -2.20. The van der Waals surface area contributed by atoms with Crippen molar-refractivity contribution in [1.29, 1.82) is 0 Å². The number of hydrogen-bond acceptors (Lipinski definition) is 9. The molecule has 0 aromatic rings. The number of aliphatic hydroxyl groups is 2. The molecular formula is C45H83O10P. The first-order valence-corrected chi connectivity index (χ1v) is 23.9. The van der Waals surface area contributed by atoms with Crippen LogP contribution in [0, 0.1) is 0 Å². The van der Waals surface area contributed by atoms with Crippen molar-refractivity contribution < 1.29 is 47.8 Å². The zero-order chi connectivity index (χ0) is 41.2. The van der Waals surface area contributed by atoms with E-state index in [2.05, 4.69) is 50.3 Å². The van der Waals surface area contributed by atoms with Crippen molar-refractivity contribution >= 4 is 19.8 Å². The Hall–Kier alpha value is -1.81. The number of phosphoric ester groups is 1. The molecule has 0 aromatic carbocycles. The van der Waals surface area contributed by atoms with Crippen LogP contribution in [0.1, 0.15) is 200 Å². The highest BCUT2D eigenvalue weighted by molar-refractivity contribution is 7.47. The van der Waals surface area contributed by atoms with Gasteiger partial charge in [0.15, 0.2) is 6.10 Å². The molecule has 0 aliphatic rings. The predicted molar refractivity (Wildman–Crippen MR) is 228 cm³/mol. The van der Waals surface area contributed by atoms with Crippen LogP contribution in [0.2, 0.25) is 0 Å². The molecule has 0 fully saturated rings. The molecule has 0 saturated heterocycles. The Morgan fingerprint density at radius 1 is 0.554 bits per heavy atom. The van der Waals surface area contributed by atoms with Crippen molar-refractivity contribution in [2.75, 3.05) is 26.4 Å². The molecule has 3 atom stereocenters. The zero-order valence-electron chi connectivity index (χ0n) is 35.6. The topological polar surface area (TPSA) is 149 Å². The van der Waals surface area contributed by atoms with E-state index in [1.165, 1.54) is 89.9 Å². The maximum Gasteiger partial charge on any atom is 0.472 e. The number of aliphatic hydroxyl groups excluding tert-OH is 2. The summed E-state index contributed by atoms with van der Waals surface area (Å²) in [6.07, 6.45) is 42.5. The molecule has 10 nitrogen and oxygen atoms in total. The van der Waals surface area contributed by atoms with E-state index < -0.39 is 51.8 Å². The number of hydrogen-bond donors (Lipinski definition) is 3. The van der Waals surface area contributed by atoms with Crippen molar-refractivity contribution in [1.82, 2.24) is 0 Å². The summed E-state index contributed by atoms with van der Waals surface area (Å²) >= 11 is 0. The maximum atomic E-state index is 12.6. The summed E-state index contributed by atoms with van der Waals surface area (Å²) < 4.78 is 32.7. The van der Waals surface area contributed by atoms with E-state index in [1.54, 1.807) is 0 Å². The number of carbonyl (C=O) groups is 2. The summed E-state index contributed by atoms with van der Waals surface area (Å²) in [7, 11) is -4.62. The van der Waals surface area contributed by atoms with Crippen molar-refractivity contribution in [2.45, 2.75) is 212 Å². The van der Waals surface area contributed by atoms with Gasteiger partial charge in [0.25, 0.3) is 0 Å². The van der Waals surface area contributed by atoms with E-state index in [0.29, 0.717) is 12.8 Å². The van der Waals surface area contributed by atoms with Crippen LogP contribution < -0.4 is 0 Å². The van der Waals surface area contributed by atoms with Gasteiger partial charge in [-0.15, -0.1) is 0 Å². The van der Waals surface area contributed by atoms with Gasteiger partial charge in [-0.3, -0.25) is 18.6 Å². The number of allylic oxidation sites excluding steroid dienone is 6. The van der Waals surface area contributed by atoms with Crippen LogP contribution in [0.5, 0.6) is 0 Å². The molecule has 0 radical (unpaired) electrons. The fourth-order valence-electron chi connectivity index (χ4n) is 6.13. The third-order valence-corrected chi connectivity index (χ3v) is 10.5. The number of rotatable bonds is 42. The maximum absolute atomic E-state index is 12.6. The number of unbranched alkanes of at least 4 members (excludes halogenated alkanes) is 22. The standard InChI is InChI=1S/C45H83O10P/c1-3-5-7-9-11-13-15-17-19-21-23-25-27-29-31-33-35-37-45(49)55-43(41-54-56(50,51)53-39-42(47)38-46)40-52-44(48)36-34-32-30-28-26-24-22-20-18-16-14-12-10-8-6-4-2/h5,7,11,13,17,19,42-43,46-47H,3-4,6,8-10,12,14-16,18,20-41H2,1-2H3,(H,50,51)/b7-5-,13-11-,19-17-. The van der Waals surface area contributed by atoms with E-state index in [-0.39, 0.29) is 19.4 Å². The molecule has 56 heavy (non-hydrogen) atoms. The van der Waals surface area contributed by atoms with Gasteiger partial charge in [-0.2, -0.15) is 0 Å². The molecule has 0 bridgehead atoms. The zero-order valence-corrected chi connectivity index (χ0v) is 36.5. The highest BCUT2D eigenvalue weighted by Gasteiger charge is 2.27. The van der Waals surface area contributed by atoms with Gasteiger partial charge >= 0.3 is 19.8 Å². The van der Waals surface area contributed by atoms with Gasteiger partial charge in [0.05, 0.1) is 19.8 Å². The van der Waals surface area contributed by atoms with E-state index in [4.69, 9.17) is 23.6 Å². The minimum absolute atomic E-state index is 0.174. The molecule has 0 aromatic heterocycles. The molecule has 328 valence electrons. The Kier molecular flexibility index (Phi) is 40.0. The largest absolute Gasteiger partial charge is 0.472 e. The summed E-state index contributed by atoms with van der Waals surface area (Å²) in [4.78, 5) is 35.0. The van der Waals surface area contributed by atoms with Crippen LogP contribution in [0.25, 0.3) is 0 Å². The number of esters is 2. The second kappa shape index (κ2) is 41.4. The van der Waals surface area contributed by atoms with Crippen molar-refractivity contribution in [3.8, 4) is 0 Å². The molecule has 3 N–H and O–H groups in total. The van der Waals surface area contributed by atoms with Gasteiger partial charge in [-0.05, 0) is 44.9 Å². The minimum atomic E-state index is -4.62. The van der Waals surface area contributed by atoms with E-state index in [1.807, 2.05) is 0 Å². The molecule has 0 spiro atoms. The van der Waals surface area contributed by atoms with Gasteiger partial charge in [-0.25, -0.2) is 4.57 Å². The van der Waals surface area contributed by atoms with Gasteiger partial charge in [0.1, 0.15) is 12.7 Å². The Labute approximate surface area is 341 Å². The number of phosphoric acid groups is 1. The smallest absolute Gasteiger partial charge is 0.462 e. The molecule has 0 saturated carbocycles. The average molecular weight is 815 g/mol. The first kappa shape index (κ1) is 54.2. The van der Waals surface area contributed by atoms with Crippen LogP contribution in [0.15, 0.2) is 36.5 Å². The molecule has 3 unspecified atom stereocenters. The van der Waals surface area contributed by atoms with Gasteiger partial charge in [-0.1, -0.05) is 179 Å². The number of ether oxygens (including phenoxy) is 2. The van der Waals surface area contributed by atoms with Crippen LogP contribution in [-0.2, 0) is 32.7 Å². The monoisotopic (exact) mass is 815 g/mol. The van der Waals surface area contributed by atoms with Crippen molar-refractivity contribution in [3.05, 3.63) is 36.5 Å². The summed E-state index contributed by atoms with van der Waals surface area (Å²) in [5.74, 6) is -0.930. The summed E-state index contributed by atoms with van der Waals surface area (Å²) in [6, 6.07) is 0. The normalized spacial score (nSPS) is 14.2. The van der Waals surface area contributed by atoms with Crippen LogP contribution >= 0.6 is 7.82 Å².